The van der Waals surface area contributed by atoms with E-state index in [1.165, 1.54) is 11.1 Å². The van der Waals surface area contributed by atoms with E-state index >= 15 is 0 Å². The Morgan fingerprint density at radius 1 is 0.857 bits per heavy atom. The van der Waals surface area contributed by atoms with Crippen LogP contribution >= 0.6 is 0 Å². The van der Waals surface area contributed by atoms with Gasteiger partial charge in [0.05, 0.1) is 6.21 Å². The third kappa shape index (κ3) is 5.05. The van der Waals surface area contributed by atoms with Crippen LogP contribution in [0.25, 0.3) is 0 Å². The standard InChI is InChI=1S/C19H21NSi/c1-21(2,3)16-10-15-20-19(17-11-6-4-7-12-17)18-13-8-5-9-14-18/h4-9,11-15,19H,1-3H3. The molecule has 0 spiro atoms. The normalized spacial score (nSPS) is 11.4. The average Bonchev–Trinajstić information content (AvgIpc) is 2.48. The summed E-state index contributed by atoms with van der Waals surface area (Å²) in [4.78, 5) is 4.69. The van der Waals surface area contributed by atoms with Crippen molar-refractivity contribution in [1.82, 2.24) is 0 Å². The number of hydrogen-bond donors (Lipinski definition) is 0. The molecule has 2 aromatic carbocycles. The third-order valence-corrected chi connectivity index (χ3v) is 3.86. The Labute approximate surface area is 128 Å². The van der Waals surface area contributed by atoms with E-state index in [1.807, 2.05) is 12.1 Å². The fraction of sp³-hybridized carbons (Fsp3) is 0.211. The summed E-state index contributed by atoms with van der Waals surface area (Å²) in [6.07, 6.45) is 1.77. The smallest absolute Gasteiger partial charge is 0.129 e. The van der Waals surface area contributed by atoms with Gasteiger partial charge in [-0.25, -0.2) is 0 Å². The Hall–Kier alpha value is -2.11. The quantitative estimate of drug-likeness (QED) is 0.440. The van der Waals surface area contributed by atoms with Crippen LogP contribution in [0.3, 0.4) is 0 Å². The topological polar surface area (TPSA) is 12.4 Å². The number of nitrogens with zero attached hydrogens (tertiary/aromatic N) is 1. The zero-order chi connectivity index (χ0) is 15.1. The summed E-state index contributed by atoms with van der Waals surface area (Å²) in [6, 6.07) is 20.7. The van der Waals surface area contributed by atoms with Crippen LogP contribution < -0.4 is 0 Å². The summed E-state index contributed by atoms with van der Waals surface area (Å²) in [7, 11) is -1.34. The maximum Gasteiger partial charge on any atom is 0.129 e. The van der Waals surface area contributed by atoms with Crippen molar-refractivity contribution in [3.63, 3.8) is 0 Å². The molecule has 0 atom stereocenters. The lowest BCUT2D eigenvalue weighted by atomic mass is 9.99. The van der Waals surface area contributed by atoms with Gasteiger partial charge in [0.1, 0.15) is 14.1 Å². The van der Waals surface area contributed by atoms with E-state index in [0.717, 1.165) is 0 Å². The molecule has 1 nitrogen and oxygen atoms in total. The molecule has 106 valence electrons. The highest BCUT2D eigenvalue weighted by Gasteiger charge is 2.11. The monoisotopic (exact) mass is 291 g/mol. The molecular weight excluding hydrogens is 270 g/mol. The van der Waals surface area contributed by atoms with Crippen LogP contribution in [-0.4, -0.2) is 14.3 Å². The van der Waals surface area contributed by atoms with Crippen molar-refractivity contribution in [2.24, 2.45) is 4.99 Å². The first-order chi connectivity index (χ1) is 10.1. The van der Waals surface area contributed by atoms with Crippen molar-refractivity contribution in [2.75, 3.05) is 0 Å². The maximum absolute atomic E-state index is 4.69. The summed E-state index contributed by atoms with van der Waals surface area (Å²) < 4.78 is 0. The molecule has 2 heteroatoms. The predicted octanol–water partition coefficient (Wildman–Crippen LogP) is 4.73. The van der Waals surface area contributed by atoms with E-state index < -0.39 is 8.07 Å². The molecule has 0 N–H and O–H groups in total. The van der Waals surface area contributed by atoms with E-state index in [0.29, 0.717) is 0 Å². The largest absolute Gasteiger partial charge is 0.271 e. The number of hydrogen-bond acceptors (Lipinski definition) is 1. The second kappa shape index (κ2) is 7.06. The molecule has 0 bridgehead atoms. The van der Waals surface area contributed by atoms with Gasteiger partial charge in [-0.3, -0.25) is 4.99 Å². The molecule has 0 aliphatic heterocycles. The highest BCUT2D eigenvalue weighted by molar-refractivity contribution is 6.84. The summed E-state index contributed by atoms with van der Waals surface area (Å²) in [5, 5.41) is 0. The molecule has 0 saturated heterocycles. The van der Waals surface area contributed by atoms with E-state index in [1.54, 1.807) is 6.21 Å². The molecule has 0 radical (unpaired) electrons. The van der Waals surface area contributed by atoms with Gasteiger partial charge < -0.3 is 0 Å². The van der Waals surface area contributed by atoms with Crippen LogP contribution in [0.1, 0.15) is 17.2 Å². The van der Waals surface area contributed by atoms with Crippen LogP contribution in [0.15, 0.2) is 65.7 Å². The van der Waals surface area contributed by atoms with Crippen molar-refractivity contribution in [1.29, 1.82) is 0 Å². The van der Waals surface area contributed by atoms with Gasteiger partial charge in [-0.05, 0) is 11.1 Å². The second-order valence-electron chi connectivity index (χ2n) is 6.02. The lowest BCUT2D eigenvalue weighted by Crippen LogP contribution is -2.16. The van der Waals surface area contributed by atoms with Crippen LogP contribution in [0.2, 0.25) is 19.6 Å². The van der Waals surface area contributed by atoms with Crippen molar-refractivity contribution in [3.05, 3.63) is 71.8 Å². The second-order valence-corrected chi connectivity index (χ2v) is 10.8. The highest BCUT2D eigenvalue weighted by atomic mass is 28.3. The molecule has 0 amide bonds. The molecule has 0 heterocycles. The molecule has 0 aliphatic carbocycles. The number of rotatable bonds is 3. The molecule has 0 saturated carbocycles. The summed E-state index contributed by atoms with van der Waals surface area (Å²) in [6.45, 7) is 6.71. The first kappa shape index (κ1) is 15.3. The SMILES string of the molecule is C[Si](C)(C)C#CC=NC(c1ccccc1)c1ccccc1. The van der Waals surface area contributed by atoms with Crippen LogP contribution in [0, 0.1) is 11.5 Å². The van der Waals surface area contributed by atoms with Gasteiger partial charge in [-0.2, -0.15) is 0 Å². The van der Waals surface area contributed by atoms with Gasteiger partial charge in [0.25, 0.3) is 0 Å². The van der Waals surface area contributed by atoms with Gasteiger partial charge in [0, 0.05) is 0 Å². The average molecular weight is 291 g/mol. The fourth-order valence-corrected chi connectivity index (χ4v) is 2.49. The Bertz CT molecular complexity index is 603. The minimum atomic E-state index is -1.34. The lowest BCUT2D eigenvalue weighted by molar-refractivity contribution is 0.879. The van der Waals surface area contributed by atoms with Gasteiger partial charge in [-0.1, -0.05) is 86.2 Å². The molecule has 0 fully saturated rings. The van der Waals surface area contributed by atoms with E-state index in [4.69, 9.17) is 4.99 Å². The molecule has 21 heavy (non-hydrogen) atoms. The van der Waals surface area contributed by atoms with Gasteiger partial charge in [0.2, 0.25) is 0 Å². The summed E-state index contributed by atoms with van der Waals surface area (Å²) in [5.74, 6) is 3.12. The maximum atomic E-state index is 4.69. The van der Waals surface area contributed by atoms with E-state index in [-0.39, 0.29) is 6.04 Å². The molecule has 2 aromatic rings. The fourth-order valence-electron chi connectivity index (χ4n) is 2.00. The molecule has 0 aliphatic rings. The van der Waals surface area contributed by atoms with Crippen molar-refractivity contribution in [3.8, 4) is 11.5 Å². The Morgan fingerprint density at radius 2 is 1.33 bits per heavy atom. The first-order valence-corrected chi connectivity index (χ1v) is 10.7. The predicted molar refractivity (Wildman–Crippen MR) is 94.3 cm³/mol. The Morgan fingerprint density at radius 3 is 1.76 bits per heavy atom. The lowest BCUT2D eigenvalue weighted by Gasteiger charge is -2.12. The molecule has 2 rings (SSSR count). The van der Waals surface area contributed by atoms with E-state index in [9.17, 15) is 0 Å². The summed E-state index contributed by atoms with van der Waals surface area (Å²) in [5.41, 5.74) is 5.70. The zero-order valence-electron chi connectivity index (χ0n) is 12.9. The highest BCUT2D eigenvalue weighted by Crippen LogP contribution is 2.25. The summed E-state index contributed by atoms with van der Waals surface area (Å²) >= 11 is 0. The number of aliphatic imine (C=N–C) groups is 1. The van der Waals surface area contributed by atoms with Crippen molar-refractivity contribution in [2.45, 2.75) is 25.7 Å². The molecule has 0 unspecified atom stereocenters. The molecule has 0 aromatic heterocycles. The zero-order valence-corrected chi connectivity index (χ0v) is 13.9. The number of benzene rings is 2. The Kier molecular flexibility index (Phi) is 5.13. The van der Waals surface area contributed by atoms with Crippen molar-refractivity contribution >= 4 is 14.3 Å². The van der Waals surface area contributed by atoms with Gasteiger partial charge >= 0.3 is 0 Å². The van der Waals surface area contributed by atoms with E-state index in [2.05, 4.69) is 79.6 Å². The third-order valence-electron chi connectivity index (χ3n) is 2.97. The Balaban J connectivity index is 2.29. The minimum absolute atomic E-state index is 0.0170. The van der Waals surface area contributed by atoms with Gasteiger partial charge in [-0.15, -0.1) is 5.54 Å². The van der Waals surface area contributed by atoms with Crippen LogP contribution in [0.4, 0.5) is 0 Å². The molecular formula is C19H21NSi. The minimum Gasteiger partial charge on any atom is -0.271 e. The van der Waals surface area contributed by atoms with Gasteiger partial charge in [0.15, 0.2) is 0 Å². The van der Waals surface area contributed by atoms with Crippen LogP contribution in [0.5, 0.6) is 0 Å². The van der Waals surface area contributed by atoms with Crippen molar-refractivity contribution < 1.29 is 0 Å². The van der Waals surface area contributed by atoms with Crippen LogP contribution in [-0.2, 0) is 0 Å². The first-order valence-electron chi connectivity index (χ1n) is 7.20.